The van der Waals surface area contributed by atoms with E-state index in [0.29, 0.717) is 30.4 Å². The summed E-state index contributed by atoms with van der Waals surface area (Å²) in [7, 11) is 3.71. The van der Waals surface area contributed by atoms with E-state index in [1.54, 1.807) is 19.2 Å². The van der Waals surface area contributed by atoms with Crippen molar-refractivity contribution in [3.05, 3.63) is 33.9 Å². The van der Waals surface area contributed by atoms with Crippen molar-refractivity contribution < 1.29 is 9.66 Å². The van der Waals surface area contributed by atoms with E-state index < -0.39 is 0 Å². The minimum Gasteiger partial charge on any atom is -0.496 e. The maximum atomic E-state index is 11.0. The average molecular weight is 305 g/mol. The smallest absolute Gasteiger partial charge is 0.270 e. The van der Waals surface area contributed by atoms with Gasteiger partial charge in [0.25, 0.3) is 5.69 Å². The van der Waals surface area contributed by atoms with Gasteiger partial charge in [0.2, 0.25) is 0 Å². The minimum absolute atomic E-state index is 0.120. The van der Waals surface area contributed by atoms with Crippen LogP contribution in [0.4, 0.5) is 5.69 Å². The van der Waals surface area contributed by atoms with Crippen molar-refractivity contribution >= 4 is 5.69 Å². The van der Waals surface area contributed by atoms with Crippen LogP contribution < -0.4 is 10.1 Å². The second kappa shape index (κ2) is 6.22. The molecule has 1 aromatic carbocycles. The van der Waals surface area contributed by atoms with Gasteiger partial charge in [-0.05, 0) is 38.8 Å². The SMILES string of the molecule is COc1ccc([N+](=O)[O-])cc1CN(C)C1CC2CCC(C1)N2. The molecule has 0 aliphatic carbocycles. The number of non-ortho nitro benzene ring substituents is 1. The molecule has 1 N–H and O–H groups in total. The van der Waals surface area contributed by atoms with Crippen LogP contribution in [-0.4, -0.2) is 42.1 Å². The molecule has 2 heterocycles. The summed E-state index contributed by atoms with van der Waals surface area (Å²) in [5, 5.41) is 14.6. The number of benzene rings is 1. The molecule has 0 saturated carbocycles. The second-order valence-corrected chi connectivity index (χ2v) is 6.43. The number of hydrogen-bond acceptors (Lipinski definition) is 5. The number of rotatable bonds is 5. The summed E-state index contributed by atoms with van der Waals surface area (Å²) < 4.78 is 5.36. The van der Waals surface area contributed by atoms with E-state index in [1.165, 1.54) is 18.9 Å². The Bertz CT molecular complexity index is 552. The maximum absolute atomic E-state index is 11.0. The second-order valence-electron chi connectivity index (χ2n) is 6.43. The molecule has 3 rings (SSSR count). The van der Waals surface area contributed by atoms with Gasteiger partial charge in [-0.1, -0.05) is 0 Å². The quantitative estimate of drug-likeness (QED) is 0.668. The van der Waals surface area contributed by atoms with Crippen LogP contribution in [0.25, 0.3) is 0 Å². The van der Waals surface area contributed by atoms with E-state index >= 15 is 0 Å². The van der Waals surface area contributed by atoms with Crippen LogP contribution in [0.1, 0.15) is 31.2 Å². The number of ether oxygens (including phenoxy) is 1. The van der Waals surface area contributed by atoms with Gasteiger partial charge in [0, 0.05) is 42.4 Å². The molecule has 2 aliphatic rings. The zero-order chi connectivity index (χ0) is 15.7. The third-order valence-electron chi connectivity index (χ3n) is 4.97. The standard InChI is InChI=1S/C16H23N3O3/c1-18(15-8-12-3-4-13(9-15)17-12)10-11-7-14(19(20)21)5-6-16(11)22-2/h5-7,12-13,15,17H,3-4,8-10H2,1-2H3. The summed E-state index contributed by atoms with van der Waals surface area (Å²) >= 11 is 0. The molecule has 0 aromatic heterocycles. The molecule has 22 heavy (non-hydrogen) atoms. The third kappa shape index (κ3) is 3.08. The van der Waals surface area contributed by atoms with Crippen molar-refractivity contribution in [3.8, 4) is 5.75 Å². The monoisotopic (exact) mass is 305 g/mol. The largest absolute Gasteiger partial charge is 0.496 e. The predicted molar refractivity (Wildman–Crippen MR) is 84.1 cm³/mol. The van der Waals surface area contributed by atoms with Gasteiger partial charge in [-0.3, -0.25) is 15.0 Å². The molecule has 2 bridgehead atoms. The van der Waals surface area contributed by atoms with Crippen molar-refractivity contribution in [2.24, 2.45) is 0 Å². The molecule has 2 aliphatic heterocycles. The van der Waals surface area contributed by atoms with Gasteiger partial charge in [0.05, 0.1) is 12.0 Å². The van der Waals surface area contributed by atoms with Crippen LogP contribution in [-0.2, 0) is 6.54 Å². The van der Waals surface area contributed by atoms with E-state index in [4.69, 9.17) is 4.74 Å². The topological polar surface area (TPSA) is 67.6 Å². The average Bonchev–Trinajstić information content (AvgIpc) is 2.85. The number of hydrogen-bond donors (Lipinski definition) is 1. The lowest BCUT2D eigenvalue weighted by Crippen LogP contribution is -2.46. The number of nitrogens with one attached hydrogen (secondary N) is 1. The van der Waals surface area contributed by atoms with E-state index in [9.17, 15) is 10.1 Å². The molecule has 0 spiro atoms. The molecular weight excluding hydrogens is 282 g/mol. The van der Waals surface area contributed by atoms with Gasteiger partial charge in [0.15, 0.2) is 0 Å². The van der Waals surface area contributed by atoms with Crippen LogP contribution in [0.3, 0.4) is 0 Å². The lowest BCUT2D eigenvalue weighted by atomic mass is 9.98. The van der Waals surface area contributed by atoms with E-state index in [-0.39, 0.29) is 10.6 Å². The van der Waals surface area contributed by atoms with Crippen LogP contribution in [0.5, 0.6) is 5.75 Å². The lowest BCUT2D eigenvalue weighted by Gasteiger charge is -2.35. The summed E-state index contributed by atoms with van der Waals surface area (Å²) in [5.74, 6) is 0.717. The molecule has 0 amide bonds. The maximum Gasteiger partial charge on any atom is 0.270 e. The van der Waals surface area contributed by atoms with Crippen molar-refractivity contribution in [1.82, 2.24) is 10.2 Å². The number of nitrogens with zero attached hydrogens (tertiary/aromatic N) is 2. The zero-order valence-electron chi connectivity index (χ0n) is 13.1. The normalized spacial score (nSPS) is 27.1. The van der Waals surface area contributed by atoms with E-state index in [0.717, 1.165) is 18.4 Å². The van der Waals surface area contributed by atoms with Gasteiger partial charge >= 0.3 is 0 Å². The van der Waals surface area contributed by atoms with Crippen molar-refractivity contribution in [2.75, 3.05) is 14.2 Å². The summed E-state index contributed by atoms with van der Waals surface area (Å²) in [5.41, 5.74) is 1.000. The first-order valence-corrected chi connectivity index (χ1v) is 7.84. The van der Waals surface area contributed by atoms with Gasteiger partial charge < -0.3 is 10.1 Å². The Labute approximate surface area is 130 Å². The molecule has 2 atom stereocenters. The molecule has 2 fully saturated rings. The van der Waals surface area contributed by atoms with Crippen LogP contribution >= 0.6 is 0 Å². The van der Waals surface area contributed by atoms with Crippen LogP contribution in [0.2, 0.25) is 0 Å². The number of nitro groups is 1. The highest BCUT2D eigenvalue weighted by Gasteiger charge is 2.35. The summed E-state index contributed by atoms with van der Waals surface area (Å²) in [4.78, 5) is 12.9. The summed E-state index contributed by atoms with van der Waals surface area (Å²) in [6, 6.07) is 6.62. The van der Waals surface area contributed by atoms with Gasteiger partial charge in [-0.15, -0.1) is 0 Å². The highest BCUT2D eigenvalue weighted by atomic mass is 16.6. The number of nitro benzene ring substituents is 1. The molecule has 6 nitrogen and oxygen atoms in total. The Hall–Kier alpha value is -1.66. The Balaban J connectivity index is 1.74. The van der Waals surface area contributed by atoms with Crippen LogP contribution in [0, 0.1) is 10.1 Å². The molecule has 0 radical (unpaired) electrons. The van der Waals surface area contributed by atoms with E-state index in [2.05, 4.69) is 17.3 Å². The van der Waals surface area contributed by atoms with Gasteiger partial charge in [-0.2, -0.15) is 0 Å². The van der Waals surface area contributed by atoms with Crippen molar-refractivity contribution in [3.63, 3.8) is 0 Å². The molecule has 6 heteroatoms. The first kappa shape index (κ1) is 15.2. The van der Waals surface area contributed by atoms with Gasteiger partial charge in [0.1, 0.15) is 5.75 Å². The lowest BCUT2D eigenvalue weighted by molar-refractivity contribution is -0.385. The van der Waals surface area contributed by atoms with E-state index in [1.807, 2.05) is 0 Å². The minimum atomic E-state index is -0.353. The van der Waals surface area contributed by atoms with Crippen LogP contribution in [0.15, 0.2) is 18.2 Å². The highest BCUT2D eigenvalue weighted by molar-refractivity contribution is 5.43. The first-order chi connectivity index (χ1) is 10.6. The molecular formula is C16H23N3O3. The molecule has 120 valence electrons. The number of fused-ring (bicyclic) bond motifs is 2. The van der Waals surface area contributed by atoms with Gasteiger partial charge in [-0.25, -0.2) is 0 Å². The zero-order valence-corrected chi connectivity index (χ0v) is 13.1. The fourth-order valence-corrected chi connectivity index (χ4v) is 3.79. The Kier molecular flexibility index (Phi) is 4.31. The number of piperidine rings is 1. The Morgan fingerprint density at radius 3 is 2.64 bits per heavy atom. The van der Waals surface area contributed by atoms with Crippen molar-refractivity contribution in [1.29, 1.82) is 0 Å². The third-order valence-corrected chi connectivity index (χ3v) is 4.97. The highest BCUT2D eigenvalue weighted by Crippen LogP contribution is 2.31. The van der Waals surface area contributed by atoms with Crippen molar-refractivity contribution in [2.45, 2.75) is 50.4 Å². The molecule has 1 aromatic rings. The molecule has 2 unspecified atom stereocenters. The summed E-state index contributed by atoms with van der Waals surface area (Å²) in [6.07, 6.45) is 4.86. The fraction of sp³-hybridized carbons (Fsp3) is 0.625. The number of methoxy groups -OCH3 is 1. The fourth-order valence-electron chi connectivity index (χ4n) is 3.79. The predicted octanol–water partition coefficient (Wildman–Crippen LogP) is 2.32. The Morgan fingerprint density at radius 1 is 1.36 bits per heavy atom. The molecule has 2 saturated heterocycles. The Morgan fingerprint density at radius 2 is 2.05 bits per heavy atom. The summed E-state index contributed by atoms with van der Waals surface area (Å²) in [6.45, 7) is 0.676. The first-order valence-electron chi connectivity index (χ1n) is 7.84.